The van der Waals surface area contributed by atoms with E-state index in [0.29, 0.717) is 13.0 Å². The van der Waals surface area contributed by atoms with Crippen LogP contribution in [0.4, 0.5) is 0 Å². The predicted molar refractivity (Wildman–Crippen MR) is 97.5 cm³/mol. The second-order valence-corrected chi connectivity index (χ2v) is 6.66. The molecule has 1 unspecified atom stereocenters. The van der Waals surface area contributed by atoms with E-state index >= 15 is 0 Å². The van der Waals surface area contributed by atoms with Crippen LogP contribution in [0.3, 0.4) is 0 Å². The third-order valence-electron chi connectivity index (χ3n) is 4.55. The first-order valence-corrected chi connectivity index (χ1v) is 8.41. The molecule has 0 spiro atoms. The third-order valence-corrected chi connectivity index (χ3v) is 4.55. The Labute approximate surface area is 145 Å². The highest BCUT2D eigenvalue weighted by Gasteiger charge is 2.26. The van der Waals surface area contributed by atoms with Crippen LogP contribution >= 0.6 is 0 Å². The Kier molecular flexibility index (Phi) is 5.71. The highest BCUT2D eigenvalue weighted by Crippen LogP contribution is 2.35. The Morgan fingerprint density at radius 3 is 2.54 bits per heavy atom. The van der Waals surface area contributed by atoms with Gasteiger partial charge in [0, 0.05) is 31.4 Å². The molecule has 1 aliphatic carbocycles. The van der Waals surface area contributed by atoms with Crippen molar-refractivity contribution < 1.29 is 9.63 Å². The zero-order valence-electron chi connectivity index (χ0n) is 14.9. The number of hydrogen-bond acceptors (Lipinski definition) is 3. The van der Waals surface area contributed by atoms with E-state index < -0.39 is 0 Å². The van der Waals surface area contributed by atoms with Crippen LogP contribution in [0.1, 0.15) is 39.0 Å². The number of amides is 1. The first kappa shape index (κ1) is 18.1. The summed E-state index contributed by atoms with van der Waals surface area (Å²) in [7, 11) is 1.85. The summed E-state index contributed by atoms with van der Waals surface area (Å²) in [5.41, 5.74) is 4.16. The quantitative estimate of drug-likeness (QED) is 0.340. The summed E-state index contributed by atoms with van der Waals surface area (Å²) in [6.45, 7) is 18.7. The molecule has 0 saturated carbocycles. The lowest BCUT2D eigenvalue weighted by molar-refractivity contribution is -0.126. The minimum absolute atomic E-state index is 0.154. The van der Waals surface area contributed by atoms with Crippen molar-refractivity contribution in [2.45, 2.75) is 39.0 Å². The number of carbonyl (C=O) groups excluding carboxylic acids is 1. The average Bonchev–Trinajstić information content (AvgIpc) is 3.18. The molecule has 1 aliphatic heterocycles. The summed E-state index contributed by atoms with van der Waals surface area (Å²) < 4.78 is 0. The molecule has 130 valence electrons. The number of allylic oxidation sites excluding steroid dienone is 3. The minimum Gasteiger partial charge on any atom is -0.384 e. The van der Waals surface area contributed by atoms with Crippen LogP contribution in [-0.2, 0) is 9.63 Å². The maximum atomic E-state index is 11.8. The summed E-state index contributed by atoms with van der Waals surface area (Å²) in [4.78, 5) is 19.2. The van der Waals surface area contributed by atoms with Gasteiger partial charge >= 0.3 is 0 Å². The van der Waals surface area contributed by atoms with Gasteiger partial charge in [0.2, 0.25) is 5.91 Å². The summed E-state index contributed by atoms with van der Waals surface area (Å²) in [6, 6.07) is 0. The zero-order valence-corrected chi connectivity index (χ0v) is 14.9. The molecule has 0 radical (unpaired) electrons. The molecule has 0 aromatic heterocycles. The molecular formula is C20H28N2O2. The van der Waals surface area contributed by atoms with E-state index in [1.807, 2.05) is 7.05 Å². The molecule has 0 aromatic carbocycles. The van der Waals surface area contributed by atoms with Gasteiger partial charge in [0.1, 0.15) is 5.76 Å². The molecule has 1 saturated heterocycles. The lowest BCUT2D eigenvalue weighted by Crippen LogP contribution is -2.25. The number of hydrogen-bond donors (Lipinski definition) is 0. The van der Waals surface area contributed by atoms with Gasteiger partial charge < -0.3 is 9.74 Å². The number of hydroxylamine groups is 2. The molecule has 0 aromatic rings. The monoisotopic (exact) mass is 328 g/mol. The lowest BCUT2D eigenvalue weighted by Gasteiger charge is -2.23. The molecule has 2 rings (SSSR count). The van der Waals surface area contributed by atoms with E-state index in [9.17, 15) is 4.79 Å². The molecule has 24 heavy (non-hydrogen) atoms. The van der Waals surface area contributed by atoms with Crippen molar-refractivity contribution in [2.24, 2.45) is 5.92 Å². The van der Waals surface area contributed by atoms with E-state index in [1.54, 1.807) is 9.96 Å². The molecule has 1 amide bonds. The molecule has 0 bridgehead atoms. The smallest absolute Gasteiger partial charge is 0.227 e. The topological polar surface area (TPSA) is 32.8 Å². The first-order valence-electron chi connectivity index (χ1n) is 8.41. The van der Waals surface area contributed by atoms with Crippen LogP contribution in [0.5, 0.6) is 0 Å². The van der Waals surface area contributed by atoms with Gasteiger partial charge in [-0.05, 0) is 32.6 Å². The van der Waals surface area contributed by atoms with Gasteiger partial charge in [0.25, 0.3) is 0 Å². The van der Waals surface area contributed by atoms with Gasteiger partial charge in [-0.2, -0.15) is 0 Å². The highest BCUT2D eigenvalue weighted by molar-refractivity contribution is 5.81. The normalized spacial score (nSPS) is 19.2. The molecule has 0 N–H and O–H groups in total. The summed E-state index contributed by atoms with van der Waals surface area (Å²) in [5.74, 6) is 1.18. The third kappa shape index (κ3) is 4.63. The van der Waals surface area contributed by atoms with Gasteiger partial charge in [-0.1, -0.05) is 43.5 Å². The van der Waals surface area contributed by atoms with Crippen molar-refractivity contribution in [3.05, 3.63) is 60.7 Å². The number of carbonyl (C=O) groups is 1. The molecule has 1 fully saturated rings. The molecule has 4 nitrogen and oxygen atoms in total. The Bertz CT molecular complexity index is 599. The SMILES string of the molecule is C=C(CCCC(=C)N(C)OC(=C)C1C=C1C)CN1C(=C)CCC1=O. The van der Waals surface area contributed by atoms with Gasteiger partial charge in [-0.15, -0.1) is 0 Å². The Morgan fingerprint density at radius 2 is 2.00 bits per heavy atom. The Balaban J connectivity index is 1.64. The van der Waals surface area contributed by atoms with Crippen molar-refractivity contribution in [1.82, 2.24) is 9.96 Å². The predicted octanol–water partition coefficient (Wildman–Crippen LogP) is 4.32. The summed E-state index contributed by atoms with van der Waals surface area (Å²) in [6.07, 6.45) is 6.06. The maximum Gasteiger partial charge on any atom is 0.227 e. The van der Waals surface area contributed by atoms with Crippen LogP contribution < -0.4 is 0 Å². The van der Waals surface area contributed by atoms with E-state index in [0.717, 1.165) is 48.4 Å². The van der Waals surface area contributed by atoms with E-state index in [4.69, 9.17) is 4.84 Å². The maximum absolute atomic E-state index is 11.8. The van der Waals surface area contributed by atoms with Crippen molar-refractivity contribution in [3.8, 4) is 0 Å². The first-order chi connectivity index (χ1) is 11.3. The number of nitrogens with zero attached hydrogens (tertiary/aromatic N) is 2. The van der Waals surface area contributed by atoms with Gasteiger partial charge in [-0.3, -0.25) is 4.79 Å². The van der Waals surface area contributed by atoms with Crippen LogP contribution in [0.25, 0.3) is 0 Å². The van der Waals surface area contributed by atoms with Crippen LogP contribution in [-0.4, -0.2) is 29.5 Å². The average molecular weight is 328 g/mol. The second kappa shape index (κ2) is 7.56. The summed E-state index contributed by atoms with van der Waals surface area (Å²) >= 11 is 0. The van der Waals surface area contributed by atoms with E-state index in [-0.39, 0.29) is 11.8 Å². The Hall–Kier alpha value is -2.23. The van der Waals surface area contributed by atoms with Crippen molar-refractivity contribution >= 4 is 5.91 Å². The van der Waals surface area contributed by atoms with Gasteiger partial charge in [0.15, 0.2) is 0 Å². The standard InChI is InChI=1S/C20H28N2O2/c1-14(13-22-17(4)10-11-20(22)23)8-7-9-16(3)21(6)24-18(5)19-12-15(19)2/h12,19H,1,3-5,7-11,13H2,2,6H3. The molecular weight excluding hydrogens is 300 g/mol. The van der Waals surface area contributed by atoms with Crippen LogP contribution in [0.15, 0.2) is 60.7 Å². The lowest BCUT2D eigenvalue weighted by atomic mass is 10.1. The number of rotatable bonds is 10. The van der Waals surface area contributed by atoms with E-state index in [2.05, 4.69) is 39.3 Å². The van der Waals surface area contributed by atoms with Crippen LogP contribution in [0.2, 0.25) is 0 Å². The van der Waals surface area contributed by atoms with Gasteiger partial charge in [0.05, 0.1) is 5.92 Å². The fourth-order valence-corrected chi connectivity index (χ4v) is 2.76. The Morgan fingerprint density at radius 1 is 1.33 bits per heavy atom. The molecule has 2 aliphatic rings. The zero-order chi connectivity index (χ0) is 17.9. The molecule has 4 heteroatoms. The van der Waals surface area contributed by atoms with Crippen molar-refractivity contribution in [3.63, 3.8) is 0 Å². The molecule has 1 heterocycles. The van der Waals surface area contributed by atoms with Gasteiger partial charge in [-0.25, -0.2) is 5.06 Å². The second-order valence-electron chi connectivity index (χ2n) is 6.66. The van der Waals surface area contributed by atoms with Crippen LogP contribution in [0, 0.1) is 5.92 Å². The molecule has 1 atom stereocenters. The number of likely N-dealkylation sites (tertiary alicyclic amines) is 1. The fourth-order valence-electron chi connectivity index (χ4n) is 2.76. The van der Waals surface area contributed by atoms with Crippen molar-refractivity contribution in [1.29, 1.82) is 0 Å². The fraction of sp³-hybridized carbons (Fsp3) is 0.450. The highest BCUT2D eigenvalue weighted by atomic mass is 16.7. The largest absolute Gasteiger partial charge is 0.384 e. The van der Waals surface area contributed by atoms with E-state index in [1.165, 1.54) is 5.57 Å². The minimum atomic E-state index is 0.154. The van der Waals surface area contributed by atoms with Crippen molar-refractivity contribution in [2.75, 3.05) is 13.6 Å². The summed E-state index contributed by atoms with van der Waals surface area (Å²) in [5, 5.41) is 1.69.